The normalized spacial score (nSPS) is 20.1. The summed E-state index contributed by atoms with van der Waals surface area (Å²) in [6, 6.07) is 4.55. The number of amides is 1. The number of ether oxygens (including phenoxy) is 3. The molecule has 10 nitrogen and oxygen atoms in total. The van der Waals surface area contributed by atoms with Gasteiger partial charge in [-0.25, -0.2) is 9.78 Å². The fourth-order valence-corrected chi connectivity index (χ4v) is 6.55. The number of thiazole rings is 1. The molecule has 1 amide bonds. The fourth-order valence-electron chi connectivity index (χ4n) is 5.76. The smallest absolute Gasteiger partial charge is 0.333 e. The third-order valence-electron chi connectivity index (χ3n) is 7.80. The minimum atomic E-state index is -1.73. The Morgan fingerprint density at radius 1 is 1.07 bits per heavy atom. The molecule has 45 heavy (non-hydrogen) atoms. The van der Waals surface area contributed by atoms with Gasteiger partial charge in [0.2, 0.25) is 0 Å². The summed E-state index contributed by atoms with van der Waals surface area (Å²) in [6.45, 7) is 13.7. The molecule has 0 saturated carbocycles. The van der Waals surface area contributed by atoms with E-state index in [0.29, 0.717) is 28.4 Å². The Morgan fingerprint density at radius 3 is 2.40 bits per heavy atom. The summed E-state index contributed by atoms with van der Waals surface area (Å²) in [4.78, 5) is 57.9. The SMILES string of the molecule is CCCCOC(=O)C[C@@]1(C(=O)OC(C)(C)C)C[C@H](c2cnccn2)[C@H](c2nccs2)N1C(=O)c1ccc(C(C)(C)C)c(OC)c1. The molecule has 4 rings (SSSR count). The van der Waals surface area contributed by atoms with E-state index in [1.54, 1.807) is 64.8 Å². The van der Waals surface area contributed by atoms with Gasteiger partial charge < -0.3 is 19.1 Å². The quantitative estimate of drug-likeness (QED) is 0.183. The Kier molecular flexibility index (Phi) is 10.3. The second-order valence-electron chi connectivity index (χ2n) is 13.4. The highest BCUT2D eigenvalue weighted by molar-refractivity contribution is 7.09. The zero-order chi connectivity index (χ0) is 33.0. The summed E-state index contributed by atoms with van der Waals surface area (Å²) in [5, 5.41) is 2.42. The van der Waals surface area contributed by atoms with Gasteiger partial charge in [-0.3, -0.25) is 19.6 Å². The number of carbonyl (C=O) groups is 3. The van der Waals surface area contributed by atoms with Crippen molar-refractivity contribution in [3.63, 3.8) is 0 Å². The molecular weight excluding hydrogens is 592 g/mol. The van der Waals surface area contributed by atoms with E-state index in [1.807, 2.05) is 18.4 Å². The highest BCUT2D eigenvalue weighted by Crippen LogP contribution is 2.54. The molecule has 3 aromatic rings. The predicted molar refractivity (Wildman–Crippen MR) is 171 cm³/mol. The molecule has 3 heterocycles. The van der Waals surface area contributed by atoms with Gasteiger partial charge in [0, 0.05) is 41.6 Å². The molecule has 3 atom stereocenters. The summed E-state index contributed by atoms with van der Waals surface area (Å²) in [7, 11) is 1.56. The number of methoxy groups -OCH3 is 1. The number of nitrogens with zero attached hydrogens (tertiary/aromatic N) is 4. The molecule has 0 radical (unpaired) electrons. The van der Waals surface area contributed by atoms with Crippen LogP contribution in [0.2, 0.25) is 0 Å². The molecule has 1 fully saturated rings. The van der Waals surface area contributed by atoms with Crippen LogP contribution in [0.3, 0.4) is 0 Å². The summed E-state index contributed by atoms with van der Waals surface area (Å²) < 4.78 is 17.3. The van der Waals surface area contributed by atoms with Gasteiger partial charge in [-0.2, -0.15) is 0 Å². The topological polar surface area (TPSA) is 121 Å². The number of hydrogen-bond donors (Lipinski definition) is 0. The number of hydrogen-bond acceptors (Lipinski definition) is 10. The first-order valence-electron chi connectivity index (χ1n) is 15.3. The molecular formula is C34H44N4O6S. The van der Waals surface area contributed by atoms with Gasteiger partial charge in [-0.05, 0) is 56.7 Å². The Bertz CT molecular complexity index is 1480. The van der Waals surface area contributed by atoms with Gasteiger partial charge >= 0.3 is 11.9 Å². The second kappa shape index (κ2) is 13.6. The molecule has 1 saturated heterocycles. The lowest BCUT2D eigenvalue weighted by molar-refractivity contribution is -0.172. The van der Waals surface area contributed by atoms with E-state index in [2.05, 4.69) is 35.7 Å². The predicted octanol–water partition coefficient (Wildman–Crippen LogP) is 6.42. The number of aromatic nitrogens is 3. The van der Waals surface area contributed by atoms with Crippen LogP contribution >= 0.6 is 11.3 Å². The largest absolute Gasteiger partial charge is 0.496 e. The Balaban J connectivity index is 1.96. The first kappa shape index (κ1) is 34.0. The van der Waals surface area contributed by atoms with E-state index in [1.165, 1.54) is 16.2 Å². The van der Waals surface area contributed by atoms with Crippen LogP contribution in [-0.4, -0.2) is 62.6 Å². The van der Waals surface area contributed by atoms with Crippen LogP contribution < -0.4 is 4.74 Å². The van der Waals surface area contributed by atoms with Crippen molar-refractivity contribution in [3.8, 4) is 5.75 Å². The van der Waals surface area contributed by atoms with Crippen molar-refractivity contribution in [1.82, 2.24) is 19.9 Å². The minimum absolute atomic E-state index is 0.0523. The average molecular weight is 637 g/mol. The summed E-state index contributed by atoms with van der Waals surface area (Å²) in [5.74, 6) is -1.73. The van der Waals surface area contributed by atoms with Gasteiger partial charge in [0.1, 0.15) is 16.4 Å². The Hall–Kier alpha value is -3.86. The third kappa shape index (κ3) is 7.52. The van der Waals surface area contributed by atoms with Crippen molar-refractivity contribution in [1.29, 1.82) is 0 Å². The Labute approximate surface area is 269 Å². The summed E-state index contributed by atoms with van der Waals surface area (Å²) in [6.07, 6.45) is 7.59. The van der Waals surface area contributed by atoms with E-state index in [4.69, 9.17) is 14.2 Å². The van der Waals surface area contributed by atoms with Crippen molar-refractivity contribution in [2.45, 2.75) is 103 Å². The van der Waals surface area contributed by atoms with E-state index >= 15 is 0 Å². The molecule has 0 N–H and O–H groups in total. The molecule has 0 bridgehead atoms. The standard InChI is InChI=1S/C34H44N4O6S/c1-9-10-16-43-27(39)20-34(31(41)44-33(5,6)7)19-23(25-21-35-13-14-36-25)28(29-37-15-17-45-29)38(34)30(40)22-11-12-24(32(2,3)4)26(18-22)42-8/h11-15,17-18,21,23,28H,9-10,16,19-20H2,1-8H3/t23-,28-,34-/m1/s1. The van der Waals surface area contributed by atoms with Crippen LogP contribution in [-0.2, 0) is 24.5 Å². The molecule has 1 aliphatic heterocycles. The van der Waals surface area contributed by atoms with Crippen molar-refractivity contribution < 1.29 is 28.6 Å². The highest BCUT2D eigenvalue weighted by Gasteiger charge is 2.62. The van der Waals surface area contributed by atoms with E-state index in [9.17, 15) is 14.4 Å². The number of rotatable bonds is 10. The molecule has 2 aromatic heterocycles. The molecule has 1 aliphatic rings. The van der Waals surface area contributed by atoms with Gasteiger partial charge in [0.25, 0.3) is 5.91 Å². The lowest BCUT2D eigenvalue weighted by Crippen LogP contribution is -2.57. The van der Waals surface area contributed by atoms with Crippen LogP contribution in [0, 0.1) is 0 Å². The maximum absolute atomic E-state index is 14.9. The van der Waals surface area contributed by atoms with Gasteiger partial charge in [-0.1, -0.05) is 40.2 Å². The van der Waals surface area contributed by atoms with Crippen LogP contribution in [0.25, 0.3) is 0 Å². The average Bonchev–Trinajstić information content (AvgIpc) is 3.63. The monoisotopic (exact) mass is 636 g/mol. The maximum atomic E-state index is 14.9. The maximum Gasteiger partial charge on any atom is 0.333 e. The summed E-state index contributed by atoms with van der Waals surface area (Å²) >= 11 is 1.36. The lowest BCUT2D eigenvalue weighted by atomic mass is 9.85. The molecule has 0 aliphatic carbocycles. The van der Waals surface area contributed by atoms with Crippen molar-refractivity contribution in [3.05, 3.63) is 70.2 Å². The first-order chi connectivity index (χ1) is 21.2. The third-order valence-corrected chi connectivity index (χ3v) is 8.64. The van der Waals surface area contributed by atoms with Crippen molar-refractivity contribution in [2.75, 3.05) is 13.7 Å². The van der Waals surface area contributed by atoms with E-state index < -0.39 is 47.4 Å². The second-order valence-corrected chi connectivity index (χ2v) is 14.3. The number of unbranched alkanes of at least 4 members (excludes halogenated alkanes) is 1. The van der Waals surface area contributed by atoms with Crippen LogP contribution in [0.5, 0.6) is 5.75 Å². The molecule has 1 aromatic carbocycles. The zero-order valence-corrected chi connectivity index (χ0v) is 28.3. The summed E-state index contributed by atoms with van der Waals surface area (Å²) in [5.41, 5.74) is -1.08. The minimum Gasteiger partial charge on any atom is -0.496 e. The zero-order valence-electron chi connectivity index (χ0n) is 27.5. The fraction of sp³-hybridized carbons (Fsp3) is 0.529. The number of carbonyl (C=O) groups excluding carboxylic acids is 3. The van der Waals surface area contributed by atoms with Crippen molar-refractivity contribution in [2.24, 2.45) is 0 Å². The number of esters is 2. The van der Waals surface area contributed by atoms with Gasteiger partial charge in [-0.15, -0.1) is 11.3 Å². The van der Waals surface area contributed by atoms with E-state index in [0.717, 1.165) is 12.0 Å². The molecule has 242 valence electrons. The first-order valence-corrected chi connectivity index (χ1v) is 16.2. The number of likely N-dealkylation sites (tertiary alicyclic amines) is 1. The highest BCUT2D eigenvalue weighted by atomic mass is 32.1. The van der Waals surface area contributed by atoms with Crippen LogP contribution in [0.15, 0.2) is 48.4 Å². The lowest BCUT2D eigenvalue weighted by Gasteiger charge is -2.40. The molecule has 11 heteroatoms. The van der Waals surface area contributed by atoms with Crippen LogP contribution in [0.1, 0.15) is 113 Å². The number of benzene rings is 1. The van der Waals surface area contributed by atoms with E-state index in [-0.39, 0.29) is 18.4 Å². The van der Waals surface area contributed by atoms with Gasteiger partial charge in [0.15, 0.2) is 5.54 Å². The van der Waals surface area contributed by atoms with Crippen molar-refractivity contribution >= 4 is 29.2 Å². The van der Waals surface area contributed by atoms with Gasteiger partial charge in [0.05, 0.1) is 31.9 Å². The van der Waals surface area contributed by atoms with Crippen LogP contribution in [0.4, 0.5) is 0 Å². The molecule has 0 spiro atoms. The Morgan fingerprint density at radius 2 is 1.82 bits per heavy atom. The molecule has 0 unspecified atom stereocenters.